The Hall–Kier alpha value is -2.32. The van der Waals surface area contributed by atoms with Crippen LogP contribution in [0.5, 0.6) is 0 Å². The molecule has 1 fully saturated rings. The number of anilines is 1. The molecular weight excluding hydrogens is 324 g/mol. The molecule has 24 heavy (non-hydrogen) atoms. The second-order valence-corrected chi connectivity index (χ2v) is 6.63. The third-order valence-electron chi connectivity index (χ3n) is 4.24. The van der Waals surface area contributed by atoms with Crippen molar-refractivity contribution in [2.45, 2.75) is 13.0 Å². The Kier molecular flexibility index (Phi) is 4.22. The summed E-state index contributed by atoms with van der Waals surface area (Å²) in [5, 5.41) is 6.12. The van der Waals surface area contributed by atoms with Crippen LogP contribution in [-0.2, 0) is 0 Å². The van der Waals surface area contributed by atoms with Gasteiger partial charge in [-0.3, -0.25) is 4.90 Å². The van der Waals surface area contributed by atoms with Crippen molar-refractivity contribution in [1.82, 2.24) is 25.0 Å². The molecular formula is C16H18N6OS. The summed E-state index contributed by atoms with van der Waals surface area (Å²) in [6.45, 7) is 5.72. The van der Waals surface area contributed by atoms with Gasteiger partial charge in [-0.25, -0.2) is 9.97 Å². The highest BCUT2D eigenvalue weighted by Gasteiger charge is 2.26. The van der Waals surface area contributed by atoms with Crippen LogP contribution in [0, 0.1) is 0 Å². The summed E-state index contributed by atoms with van der Waals surface area (Å²) in [5.41, 5.74) is 0. The summed E-state index contributed by atoms with van der Waals surface area (Å²) in [4.78, 5) is 18.8. The predicted octanol–water partition coefficient (Wildman–Crippen LogP) is 2.47. The van der Waals surface area contributed by atoms with Gasteiger partial charge in [0.1, 0.15) is 0 Å². The summed E-state index contributed by atoms with van der Waals surface area (Å²) < 4.78 is 5.48. The maximum Gasteiger partial charge on any atom is 0.244 e. The quantitative estimate of drug-likeness (QED) is 0.721. The molecule has 1 unspecified atom stereocenters. The Morgan fingerprint density at radius 2 is 1.92 bits per heavy atom. The molecule has 7 nitrogen and oxygen atoms in total. The largest absolute Gasteiger partial charge is 0.338 e. The lowest BCUT2D eigenvalue weighted by Gasteiger charge is -2.36. The van der Waals surface area contributed by atoms with Crippen molar-refractivity contribution in [1.29, 1.82) is 0 Å². The van der Waals surface area contributed by atoms with Crippen molar-refractivity contribution in [2.75, 3.05) is 31.1 Å². The molecule has 0 aromatic carbocycles. The zero-order chi connectivity index (χ0) is 16.4. The molecule has 0 aliphatic carbocycles. The van der Waals surface area contributed by atoms with Gasteiger partial charge >= 0.3 is 0 Å². The second-order valence-electron chi connectivity index (χ2n) is 5.68. The third-order valence-corrected chi connectivity index (χ3v) is 5.10. The lowest BCUT2D eigenvalue weighted by Crippen LogP contribution is -2.47. The molecule has 1 saturated heterocycles. The molecule has 0 spiro atoms. The highest BCUT2D eigenvalue weighted by atomic mass is 32.1. The van der Waals surface area contributed by atoms with E-state index in [1.807, 2.05) is 23.6 Å². The summed E-state index contributed by atoms with van der Waals surface area (Å²) >= 11 is 1.62. The van der Waals surface area contributed by atoms with E-state index in [-0.39, 0.29) is 6.04 Å². The van der Waals surface area contributed by atoms with E-state index in [2.05, 4.69) is 36.8 Å². The zero-order valence-corrected chi connectivity index (χ0v) is 14.2. The number of nitrogens with zero attached hydrogens (tertiary/aromatic N) is 6. The molecule has 124 valence electrons. The van der Waals surface area contributed by atoms with E-state index in [0.717, 1.165) is 37.0 Å². The maximum atomic E-state index is 5.48. The minimum absolute atomic E-state index is 0.102. The van der Waals surface area contributed by atoms with E-state index in [1.165, 1.54) is 0 Å². The highest BCUT2D eigenvalue weighted by Crippen LogP contribution is 2.26. The molecule has 0 amide bonds. The molecule has 0 saturated carbocycles. The van der Waals surface area contributed by atoms with Crippen molar-refractivity contribution >= 4 is 17.3 Å². The van der Waals surface area contributed by atoms with Crippen LogP contribution < -0.4 is 4.90 Å². The van der Waals surface area contributed by atoms with Crippen molar-refractivity contribution < 1.29 is 4.52 Å². The number of thiophene rings is 1. The van der Waals surface area contributed by atoms with Gasteiger partial charge in [0.25, 0.3) is 0 Å². The minimum atomic E-state index is 0.102. The molecule has 1 aliphatic heterocycles. The van der Waals surface area contributed by atoms with Crippen molar-refractivity contribution in [3.05, 3.63) is 41.9 Å². The molecule has 4 heterocycles. The maximum absolute atomic E-state index is 5.48. The van der Waals surface area contributed by atoms with E-state index in [1.54, 1.807) is 23.7 Å². The van der Waals surface area contributed by atoms with Crippen LogP contribution in [-0.4, -0.2) is 51.2 Å². The van der Waals surface area contributed by atoms with Gasteiger partial charge in [-0.1, -0.05) is 11.2 Å². The second kappa shape index (κ2) is 6.66. The number of aromatic nitrogens is 4. The Balaban J connectivity index is 1.40. The van der Waals surface area contributed by atoms with Crippen molar-refractivity contribution in [3.8, 4) is 10.7 Å². The van der Waals surface area contributed by atoms with Gasteiger partial charge in [0.05, 0.1) is 10.9 Å². The average molecular weight is 342 g/mol. The SMILES string of the molecule is CC(c1nc(-c2cccs2)no1)N1CCN(c2ncccn2)CC1. The number of hydrogen-bond acceptors (Lipinski definition) is 8. The molecule has 8 heteroatoms. The van der Waals surface area contributed by atoms with Gasteiger partial charge in [-0.15, -0.1) is 11.3 Å². The Morgan fingerprint density at radius 3 is 2.62 bits per heavy atom. The van der Waals surface area contributed by atoms with Crippen LogP contribution in [0.15, 0.2) is 40.5 Å². The summed E-state index contributed by atoms with van der Waals surface area (Å²) in [7, 11) is 0. The standard InChI is InChI=1S/C16H18N6OS/c1-12(15-19-14(20-23-15)13-4-2-11-24-13)21-7-9-22(10-8-21)16-17-5-3-6-18-16/h2-6,11-12H,7-10H2,1H3. The summed E-state index contributed by atoms with van der Waals surface area (Å²) in [6.07, 6.45) is 3.56. The molecule has 1 atom stereocenters. The molecule has 0 N–H and O–H groups in total. The van der Waals surface area contributed by atoms with E-state index in [4.69, 9.17) is 4.52 Å². The van der Waals surface area contributed by atoms with E-state index in [0.29, 0.717) is 11.7 Å². The van der Waals surface area contributed by atoms with Crippen LogP contribution in [0.4, 0.5) is 5.95 Å². The minimum Gasteiger partial charge on any atom is -0.338 e. The number of hydrogen-bond donors (Lipinski definition) is 0. The Labute approximate surface area is 144 Å². The molecule has 3 aromatic rings. The monoisotopic (exact) mass is 342 g/mol. The first kappa shape index (κ1) is 15.2. The smallest absolute Gasteiger partial charge is 0.244 e. The first-order chi connectivity index (χ1) is 11.8. The lowest BCUT2D eigenvalue weighted by atomic mass is 10.2. The molecule has 4 rings (SSSR count). The summed E-state index contributed by atoms with van der Waals surface area (Å²) in [5.74, 6) is 2.13. The fraction of sp³-hybridized carbons (Fsp3) is 0.375. The van der Waals surface area contributed by atoms with Gasteiger partial charge in [-0.05, 0) is 24.4 Å². The molecule has 3 aromatic heterocycles. The van der Waals surface area contributed by atoms with E-state index < -0.39 is 0 Å². The zero-order valence-electron chi connectivity index (χ0n) is 13.4. The van der Waals surface area contributed by atoms with E-state index in [9.17, 15) is 0 Å². The highest BCUT2D eigenvalue weighted by molar-refractivity contribution is 7.13. The van der Waals surface area contributed by atoms with Gasteiger partial charge in [0.15, 0.2) is 0 Å². The summed E-state index contributed by atoms with van der Waals surface area (Å²) in [6, 6.07) is 5.93. The topological polar surface area (TPSA) is 71.2 Å². The van der Waals surface area contributed by atoms with Crippen molar-refractivity contribution in [3.63, 3.8) is 0 Å². The van der Waals surface area contributed by atoms with Crippen molar-refractivity contribution in [2.24, 2.45) is 0 Å². The fourth-order valence-electron chi connectivity index (χ4n) is 2.83. The first-order valence-corrected chi connectivity index (χ1v) is 8.83. The number of rotatable bonds is 4. The van der Waals surface area contributed by atoms with Crippen LogP contribution in [0.25, 0.3) is 10.7 Å². The molecule has 0 bridgehead atoms. The Bertz CT molecular complexity index is 767. The number of piperazine rings is 1. The van der Waals surface area contributed by atoms with Crippen LogP contribution in [0.3, 0.4) is 0 Å². The van der Waals surface area contributed by atoms with Gasteiger partial charge in [0.2, 0.25) is 17.7 Å². The van der Waals surface area contributed by atoms with Crippen LogP contribution in [0.2, 0.25) is 0 Å². The third kappa shape index (κ3) is 3.02. The Morgan fingerprint density at radius 1 is 1.12 bits per heavy atom. The van der Waals surface area contributed by atoms with Gasteiger partial charge < -0.3 is 9.42 Å². The first-order valence-electron chi connectivity index (χ1n) is 7.95. The molecule has 1 aliphatic rings. The fourth-order valence-corrected chi connectivity index (χ4v) is 3.48. The predicted molar refractivity (Wildman–Crippen MR) is 91.8 cm³/mol. The average Bonchev–Trinajstić information content (AvgIpc) is 3.33. The van der Waals surface area contributed by atoms with E-state index >= 15 is 0 Å². The van der Waals surface area contributed by atoms with Crippen LogP contribution >= 0.6 is 11.3 Å². The van der Waals surface area contributed by atoms with Gasteiger partial charge in [0, 0.05) is 38.6 Å². The molecule has 0 radical (unpaired) electrons. The van der Waals surface area contributed by atoms with Crippen LogP contribution in [0.1, 0.15) is 18.9 Å². The van der Waals surface area contributed by atoms with Gasteiger partial charge in [-0.2, -0.15) is 4.98 Å². The normalized spacial score (nSPS) is 17.1. The lowest BCUT2D eigenvalue weighted by molar-refractivity contribution is 0.163.